The second kappa shape index (κ2) is 7.07. The predicted molar refractivity (Wildman–Crippen MR) is 71.8 cm³/mol. The molecule has 0 aliphatic carbocycles. The number of nitrogens with zero attached hydrogens (tertiary/aromatic N) is 2. The van der Waals surface area contributed by atoms with Crippen LogP contribution in [0.5, 0.6) is 0 Å². The van der Waals surface area contributed by atoms with Crippen LogP contribution < -0.4 is 5.32 Å². The van der Waals surface area contributed by atoms with E-state index in [2.05, 4.69) is 51.8 Å². The summed E-state index contributed by atoms with van der Waals surface area (Å²) in [5, 5.41) is 7.95. The standard InChI is InChI=1S/C12H22BrN3/c1-4-10-12(13)11(16(6-3)15-10)8-7-9-14-5-2/h14H,4-9H2,1-3H3. The third kappa shape index (κ3) is 3.32. The van der Waals surface area contributed by atoms with Gasteiger partial charge in [0.2, 0.25) is 0 Å². The number of aromatic nitrogens is 2. The molecule has 0 bridgehead atoms. The van der Waals surface area contributed by atoms with E-state index in [4.69, 9.17) is 0 Å². The largest absolute Gasteiger partial charge is 0.317 e. The Balaban J connectivity index is 2.65. The van der Waals surface area contributed by atoms with Crippen molar-refractivity contribution in [1.82, 2.24) is 15.1 Å². The Morgan fingerprint density at radius 3 is 2.62 bits per heavy atom. The molecule has 0 saturated carbocycles. The Morgan fingerprint density at radius 1 is 1.31 bits per heavy atom. The molecule has 0 aliphatic heterocycles. The first-order valence-corrected chi connectivity index (χ1v) is 6.98. The maximum Gasteiger partial charge on any atom is 0.0766 e. The molecule has 0 aliphatic rings. The van der Waals surface area contributed by atoms with Crippen LogP contribution in [0.25, 0.3) is 0 Å². The zero-order chi connectivity index (χ0) is 12.0. The molecule has 3 nitrogen and oxygen atoms in total. The van der Waals surface area contributed by atoms with Gasteiger partial charge in [0.25, 0.3) is 0 Å². The molecule has 0 fully saturated rings. The average molecular weight is 288 g/mol. The molecule has 1 heterocycles. The monoisotopic (exact) mass is 287 g/mol. The highest BCUT2D eigenvalue weighted by Gasteiger charge is 2.12. The zero-order valence-electron chi connectivity index (χ0n) is 10.5. The lowest BCUT2D eigenvalue weighted by molar-refractivity contribution is 0.590. The van der Waals surface area contributed by atoms with Crippen LogP contribution in [0.1, 0.15) is 38.6 Å². The van der Waals surface area contributed by atoms with Crippen molar-refractivity contribution in [3.63, 3.8) is 0 Å². The summed E-state index contributed by atoms with van der Waals surface area (Å²) in [7, 11) is 0. The lowest BCUT2D eigenvalue weighted by atomic mass is 10.2. The number of rotatable bonds is 7. The molecule has 1 N–H and O–H groups in total. The third-order valence-corrected chi connectivity index (χ3v) is 3.63. The lowest BCUT2D eigenvalue weighted by Gasteiger charge is -2.05. The van der Waals surface area contributed by atoms with Gasteiger partial charge in [-0.15, -0.1) is 0 Å². The SMILES string of the molecule is CCNCCCc1c(Br)c(CC)nn1CC. The van der Waals surface area contributed by atoms with Gasteiger partial charge in [0.1, 0.15) is 0 Å². The molecule has 0 radical (unpaired) electrons. The van der Waals surface area contributed by atoms with Gasteiger partial charge in [0, 0.05) is 6.54 Å². The summed E-state index contributed by atoms with van der Waals surface area (Å²) < 4.78 is 3.34. The predicted octanol–water partition coefficient (Wildman–Crippen LogP) is 2.77. The van der Waals surface area contributed by atoms with Crippen molar-refractivity contribution in [3.05, 3.63) is 15.9 Å². The van der Waals surface area contributed by atoms with E-state index in [-0.39, 0.29) is 0 Å². The van der Waals surface area contributed by atoms with Crippen molar-refractivity contribution in [3.8, 4) is 0 Å². The minimum Gasteiger partial charge on any atom is -0.317 e. The van der Waals surface area contributed by atoms with Crippen molar-refractivity contribution < 1.29 is 0 Å². The molecular formula is C12H22BrN3. The maximum atomic E-state index is 4.59. The molecule has 0 spiro atoms. The normalized spacial score (nSPS) is 11.0. The van der Waals surface area contributed by atoms with Crippen LogP contribution in [0.2, 0.25) is 0 Å². The van der Waals surface area contributed by atoms with E-state index in [0.717, 1.165) is 32.5 Å². The van der Waals surface area contributed by atoms with Crippen LogP contribution in [0, 0.1) is 0 Å². The molecule has 0 atom stereocenters. The summed E-state index contributed by atoms with van der Waals surface area (Å²) in [6.45, 7) is 9.52. The summed E-state index contributed by atoms with van der Waals surface area (Å²) in [6.07, 6.45) is 3.25. The summed E-state index contributed by atoms with van der Waals surface area (Å²) in [4.78, 5) is 0. The molecule has 92 valence electrons. The van der Waals surface area contributed by atoms with Crippen LogP contribution in [0.3, 0.4) is 0 Å². The molecule has 1 aromatic rings. The minimum atomic E-state index is 0.954. The van der Waals surface area contributed by atoms with Gasteiger partial charge in [0.05, 0.1) is 15.9 Å². The Hall–Kier alpha value is -0.350. The van der Waals surface area contributed by atoms with Gasteiger partial charge in [-0.25, -0.2) is 0 Å². The minimum absolute atomic E-state index is 0.954. The van der Waals surface area contributed by atoms with Crippen molar-refractivity contribution in [2.24, 2.45) is 0 Å². The maximum absolute atomic E-state index is 4.59. The molecule has 0 saturated heterocycles. The first kappa shape index (κ1) is 13.7. The van der Waals surface area contributed by atoms with Crippen molar-refractivity contribution in [1.29, 1.82) is 0 Å². The molecule has 4 heteroatoms. The quantitative estimate of drug-likeness (QED) is 0.782. The Bertz CT molecular complexity index is 320. The van der Waals surface area contributed by atoms with Crippen molar-refractivity contribution in [2.75, 3.05) is 13.1 Å². The lowest BCUT2D eigenvalue weighted by Crippen LogP contribution is -2.15. The number of halogens is 1. The molecule has 1 aromatic heterocycles. The van der Waals surface area contributed by atoms with Crippen LogP contribution >= 0.6 is 15.9 Å². The van der Waals surface area contributed by atoms with Crippen molar-refractivity contribution in [2.45, 2.75) is 46.6 Å². The van der Waals surface area contributed by atoms with Gasteiger partial charge >= 0.3 is 0 Å². The molecule has 0 amide bonds. The summed E-state index contributed by atoms with van der Waals surface area (Å²) >= 11 is 3.67. The van der Waals surface area contributed by atoms with E-state index in [1.54, 1.807) is 0 Å². The number of hydrogen-bond donors (Lipinski definition) is 1. The zero-order valence-corrected chi connectivity index (χ0v) is 12.1. The Kier molecular flexibility index (Phi) is 6.06. The van der Waals surface area contributed by atoms with Crippen LogP contribution in [-0.4, -0.2) is 22.9 Å². The van der Waals surface area contributed by atoms with Crippen LogP contribution in [0.4, 0.5) is 0 Å². The number of hydrogen-bond acceptors (Lipinski definition) is 2. The van der Waals surface area contributed by atoms with Gasteiger partial charge in [-0.05, 0) is 55.2 Å². The van der Waals surface area contributed by atoms with Gasteiger partial charge in [-0.2, -0.15) is 5.10 Å². The van der Waals surface area contributed by atoms with Crippen molar-refractivity contribution >= 4 is 15.9 Å². The highest BCUT2D eigenvalue weighted by molar-refractivity contribution is 9.10. The Morgan fingerprint density at radius 2 is 2.06 bits per heavy atom. The topological polar surface area (TPSA) is 29.9 Å². The fourth-order valence-electron chi connectivity index (χ4n) is 1.81. The molecule has 0 unspecified atom stereocenters. The van der Waals surface area contributed by atoms with Gasteiger partial charge in [0.15, 0.2) is 0 Å². The van der Waals surface area contributed by atoms with Crippen LogP contribution in [0.15, 0.2) is 4.47 Å². The van der Waals surface area contributed by atoms with Gasteiger partial charge in [-0.3, -0.25) is 4.68 Å². The fraction of sp³-hybridized carbons (Fsp3) is 0.750. The summed E-state index contributed by atoms with van der Waals surface area (Å²) in [5.41, 5.74) is 2.53. The van der Waals surface area contributed by atoms with Gasteiger partial charge < -0.3 is 5.32 Å². The van der Waals surface area contributed by atoms with Crippen LogP contribution in [-0.2, 0) is 19.4 Å². The van der Waals surface area contributed by atoms with E-state index in [9.17, 15) is 0 Å². The van der Waals surface area contributed by atoms with Gasteiger partial charge in [-0.1, -0.05) is 13.8 Å². The number of aryl methyl sites for hydroxylation is 2. The highest BCUT2D eigenvalue weighted by Crippen LogP contribution is 2.23. The molecule has 16 heavy (non-hydrogen) atoms. The average Bonchev–Trinajstić information content (AvgIpc) is 2.61. The van der Waals surface area contributed by atoms with E-state index in [0.29, 0.717) is 0 Å². The van der Waals surface area contributed by atoms with E-state index in [1.807, 2.05) is 0 Å². The highest BCUT2D eigenvalue weighted by atomic mass is 79.9. The third-order valence-electron chi connectivity index (χ3n) is 2.71. The molecule has 1 rings (SSSR count). The second-order valence-electron chi connectivity index (χ2n) is 3.83. The Labute approximate surface area is 107 Å². The summed E-state index contributed by atoms with van der Waals surface area (Å²) in [6, 6.07) is 0. The summed E-state index contributed by atoms with van der Waals surface area (Å²) in [5.74, 6) is 0. The number of nitrogens with one attached hydrogen (secondary N) is 1. The molecular weight excluding hydrogens is 266 g/mol. The second-order valence-corrected chi connectivity index (χ2v) is 4.63. The van der Waals surface area contributed by atoms with E-state index >= 15 is 0 Å². The first-order valence-electron chi connectivity index (χ1n) is 6.19. The smallest absolute Gasteiger partial charge is 0.0766 e. The molecule has 0 aromatic carbocycles. The van der Waals surface area contributed by atoms with E-state index in [1.165, 1.54) is 22.3 Å². The van der Waals surface area contributed by atoms with E-state index < -0.39 is 0 Å². The first-order chi connectivity index (χ1) is 7.74. The fourth-order valence-corrected chi connectivity index (χ4v) is 2.58.